The third-order valence-electron chi connectivity index (χ3n) is 4.17. The monoisotopic (exact) mass is 319 g/mol. The van der Waals surface area contributed by atoms with Crippen molar-refractivity contribution in [2.24, 2.45) is 0 Å². The number of carbonyl (C=O) groups excluding carboxylic acids is 3. The lowest BCUT2D eigenvalue weighted by Gasteiger charge is -2.21. The molecule has 2 fully saturated rings. The number of methoxy groups -OCH3 is 2. The molecule has 1 spiro atoms. The number of ether oxygens (including phenoxy) is 2. The summed E-state index contributed by atoms with van der Waals surface area (Å²) in [5.41, 5.74) is -0.613. The molecule has 1 unspecified atom stereocenters. The molecule has 4 amide bonds. The molecule has 0 radical (unpaired) electrons. The highest BCUT2D eigenvalue weighted by molar-refractivity contribution is 6.08. The smallest absolute Gasteiger partial charge is 0.322 e. The first-order chi connectivity index (χ1) is 11.0. The molecule has 8 nitrogen and oxygen atoms in total. The van der Waals surface area contributed by atoms with Crippen LogP contribution in [-0.2, 0) is 4.79 Å². The fraction of sp³-hybridized carbons (Fsp3) is 0.400. The number of benzene rings is 1. The fourth-order valence-corrected chi connectivity index (χ4v) is 2.91. The normalized spacial score (nSPS) is 23.0. The zero-order chi connectivity index (χ0) is 16.6. The highest BCUT2D eigenvalue weighted by Gasteiger charge is 2.51. The van der Waals surface area contributed by atoms with Crippen LogP contribution in [0.25, 0.3) is 0 Å². The van der Waals surface area contributed by atoms with Gasteiger partial charge in [-0.3, -0.25) is 14.9 Å². The minimum atomic E-state index is -1.02. The van der Waals surface area contributed by atoms with E-state index < -0.39 is 11.6 Å². The number of amides is 4. The van der Waals surface area contributed by atoms with Gasteiger partial charge in [0.25, 0.3) is 11.8 Å². The Hall–Kier alpha value is -2.77. The van der Waals surface area contributed by atoms with Crippen molar-refractivity contribution in [1.82, 2.24) is 15.5 Å². The Labute approximate surface area is 132 Å². The van der Waals surface area contributed by atoms with Gasteiger partial charge in [-0.05, 0) is 18.6 Å². The fourth-order valence-electron chi connectivity index (χ4n) is 2.91. The molecular formula is C15H17N3O5. The number of nitrogens with one attached hydrogen (secondary N) is 2. The summed E-state index contributed by atoms with van der Waals surface area (Å²) in [5.74, 6) is 0.385. The van der Waals surface area contributed by atoms with E-state index >= 15 is 0 Å². The molecule has 1 aromatic rings. The second kappa shape index (κ2) is 5.45. The second-order valence-corrected chi connectivity index (χ2v) is 5.57. The number of carbonyl (C=O) groups is 3. The average molecular weight is 319 g/mol. The Bertz CT molecular complexity index is 667. The maximum Gasteiger partial charge on any atom is 0.322 e. The molecule has 122 valence electrons. The molecular weight excluding hydrogens is 302 g/mol. The first-order valence-electron chi connectivity index (χ1n) is 7.13. The first-order valence-corrected chi connectivity index (χ1v) is 7.13. The summed E-state index contributed by atoms with van der Waals surface area (Å²) in [5, 5.41) is 4.84. The SMILES string of the molecule is COc1cc(OC)cc(C(=O)N2CCC3(C2)NC(=O)NC3=O)c1. The van der Waals surface area contributed by atoms with E-state index in [1.54, 1.807) is 23.1 Å². The van der Waals surface area contributed by atoms with Crippen molar-refractivity contribution in [3.05, 3.63) is 23.8 Å². The number of rotatable bonds is 3. The van der Waals surface area contributed by atoms with Crippen molar-refractivity contribution in [3.63, 3.8) is 0 Å². The van der Waals surface area contributed by atoms with E-state index in [4.69, 9.17) is 9.47 Å². The Balaban J connectivity index is 1.82. The van der Waals surface area contributed by atoms with Crippen molar-refractivity contribution in [2.45, 2.75) is 12.0 Å². The first kappa shape index (κ1) is 15.1. The molecule has 2 aliphatic rings. The largest absolute Gasteiger partial charge is 0.497 e. The number of hydrogen-bond acceptors (Lipinski definition) is 5. The van der Waals surface area contributed by atoms with Crippen LogP contribution >= 0.6 is 0 Å². The van der Waals surface area contributed by atoms with Crippen molar-refractivity contribution in [3.8, 4) is 11.5 Å². The van der Waals surface area contributed by atoms with Gasteiger partial charge < -0.3 is 19.7 Å². The van der Waals surface area contributed by atoms with E-state index in [0.717, 1.165) is 0 Å². The van der Waals surface area contributed by atoms with Crippen LogP contribution in [0.2, 0.25) is 0 Å². The molecule has 1 aromatic carbocycles. The van der Waals surface area contributed by atoms with Gasteiger partial charge in [-0.15, -0.1) is 0 Å². The highest BCUT2D eigenvalue weighted by atomic mass is 16.5. The van der Waals surface area contributed by atoms with Crippen LogP contribution in [0.4, 0.5) is 4.79 Å². The summed E-state index contributed by atoms with van der Waals surface area (Å²) in [4.78, 5) is 37.5. The average Bonchev–Trinajstić information content (AvgIpc) is 3.09. The van der Waals surface area contributed by atoms with E-state index in [-0.39, 0.29) is 18.4 Å². The van der Waals surface area contributed by atoms with Gasteiger partial charge in [0.05, 0.1) is 20.8 Å². The van der Waals surface area contributed by atoms with Gasteiger partial charge in [0, 0.05) is 18.2 Å². The molecule has 0 aromatic heterocycles. The Morgan fingerprint density at radius 2 is 1.83 bits per heavy atom. The zero-order valence-corrected chi connectivity index (χ0v) is 12.8. The molecule has 23 heavy (non-hydrogen) atoms. The number of hydrogen-bond donors (Lipinski definition) is 2. The van der Waals surface area contributed by atoms with E-state index in [1.807, 2.05) is 0 Å². The van der Waals surface area contributed by atoms with Gasteiger partial charge in [-0.2, -0.15) is 0 Å². The van der Waals surface area contributed by atoms with Crippen molar-refractivity contribution in [1.29, 1.82) is 0 Å². The van der Waals surface area contributed by atoms with Crippen molar-refractivity contribution in [2.75, 3.05) is 27.3 Å². The lowest BCUT2D eigenvalue weighted by molar-refractivity contribution is -0.123. The molecule has 0 bridgehead atoms. The van der Waals surface area contributed by atoms with Crippen LogP contribution in [-0.4, -0.2) is 55.6 Å². The van der Waals surface area contributed by atoms with Crippen LogP contribution in [0.3, 0.4) is 0 Å². The molecule has 2 heterocycles. The number of likely N-dealkylation sites (tertiary alicyclic amines) is 1. The summed E-state index contributed by atoms with van der Waals surface area (Å²) in [6.07, 6.45) is 0.386. The predicted octanol–water partition coefficient (Wildman–Crippen LogP) is 0.128. The van der Waals surface area contributed by atoms with Gasteiger partial charge >= 0.3 is 6.03 Å². The molecule has 2 aliphatic heterocycles. The van der Waals surface area contributed by atoms with E-state index in [2.05, 4.69) is 10.6 Å². The van der Waals surface area contributed by atoms with Gasteiger partial charge in [0.1, 0.15) is 17.0 Å². The Morgan fingerprint density at radius 1 is 1.17 bits per heavy atom. The topological polar surface area (TPSA) is 97.0 Å². The lowest BCUT2D eigenvalue weighted by Crippen LogP contribution is -2.49. The van der Waals surface area contributed by atoms with Crippen molar-refractivity contribution < 1.29 is 23.9 Å². The van der Waals surface area contributed by atoms with Crippen molar-refractivity contribution >= 4 is 17.8 Å². The Kier molecular flexibility index (Phi) is 3.59. The summed E-state index contributed by atoms with van der Waals surface area (Å²) in [6, 6.07) is 4.38. The molecule has 2 N–H and O–H groups in total. The number of urea groups is 1. The van der Waals surface area contributed by atoms with Gasteiger partial charge in [-0.25, -0.2) is 4.79 Å². The van der Waals surface area contributed by atoms with Crippen LogP contribution in [0.15, 0.2) is 18.2 Å². The molecule has 0 aliphatic carbocycles. The summed E-state index contributed by atoms with van der Waals surface area (Å²) < 4.78 is 10.3. The van der Waals surface area contributed by atoms with Crippen LogP contribution in [0.1, 0.15) is 16.8 Å². The highest BCUT2D eigenvalue weighted by Crippen LogP contribution is 2.28. The third-order valence-corrected chi connectivity index (χ3v) is 4.17. The quantitative estimate of drug-likeness (QED) is 0.772. The molecule has 2 saturated heterocycles. The van der Waals surface area contributed by atoms with E-state index in [0.29, 0.717) is 30.0 Å². The molecule has 3 rings (SSSR count). The van der Waals surface area contributed by atoms with E-state index in [1.165, 1.54) is 14.2 Å². The third kappa shape index (κ3) is 2.56. The van der Waals surface area contributed by atoms with Crippen LogP contribution < -0.4 is 20.1 Å². The van der Waals surface area contributed by atoms with Crippen LogP contribution in [0, 0.1) is 0 Å². The maximum absolute atomic E-state index is 12.7. The molecule has 0 saturated carbocycles. The summed E-state index contributed by atoms with van der Waals surface area (Å²) >= 11 is 0. The van der Waals surface area contributed by atoms with Crippen LogP contribution in [0.5, 0.6) is 11.5 Å². The van der Waals surface area contributed by atoms with Gasteiger partial charge in [0.2, 0.25) is 0 Å². The van der Waals surface area contributed by atoms with Gasteiger partial charge in [-0.1, -0.05) is 0 Å². The predicted molar refractivity (Wildman–Crippen MR) is 79.5 cm³/mol. The minimum Gasteiger partial charge on any atom is -0.497 e. The minimum absolute atomic E-state index is 0.142. The Morgan fingerprint density at radius 3 is 2.35 bits per heavy atom. The van der Waals surface area contributed by atoms with E-state index in [9.17, 15) is 14.4 Å². The zero-order valence-electron chi connectivity index (χ0n) is 12.8. The molecule has 1 atom stereocenters. The summed E-state index contributed by atoms with van der Waals surface area (Å²) in [6.45, 7) is 0.523. The maximum atomic E-state index is 12.7. The van der Waals surface area contributed by atoms with Gasteiger partial charge in [0.15, 0.2) is 0 Å². The lowest BCUT2D eigenvalue weighted by atomic mass is 9.99. The summed E-state index contributed by atoms with van der Waals surface area (Å²) in [7, 11) is 3.01. The standard InChI is InChI=1S/C15H17N3O5/c1-22-10-5-9(6-11(7-10)23-2)12(19)18-4-3-15(8-18)13(20)16-14(21)17-15/h5-7H,3-4,8H2,1-2H3,(H2,16,17,20,21). The second-order valence-electron chi connectivity index (χ2n) is 5.57. The number of imide groups is 1. The number of nitrogens with zero attached hydrogens (tertiary/aromatic N) is 1. The molecule has 8 heteroatoms.